The van der Waals surface area contributed by atoms with Crippen molar-refractivity contribution in [3.63, 3.8) is 0 Å². The van der Waals surface area contributed by atoms with Gasteiger partial charge in [-0.25, -0.2) is 4.98 Å². The van der Waals surface area contributed by atoms with Crippen molar-refractivity contribution in [2.45, 2.75) is 32.9 Å². The van der Waals surface area contributed by atoms with Crippen LogP contribution in [-0.4, -0.2) is 32.1 Å². The number of rotatable bonds is 5. The minimum atomic E-state index is -1.20. The number of hydrogen-bond donors (Lipinski definition) is 2. The first-order valence-electron chi connectivity index (χ1n) is 8.20. The molecule has 0 spiro atoms. The highest BCUT2D eigenvalue weighted by atomic mass is 16.3. The van der Waals surface area contributed by atoms with Crippen LogP contribution in [0.4, 0.5) is 5.69 Å². The van der Waals surface area contributed by atoms with Crippen LogP contribution in [0.1, 0.15) is 35.6 Å². The molecule has 0 aliphatic heterocycles. The number of anilines is 1. The molecule has 0 unspecified atom stereocenters. The van der Waals surface area contributed by atoms with Gasteiger partial charge in [-0.1, -0.05) is 6.07 Å². The molecule has 0 bridgehead atoms. The van der Waals surface area contributed by atoms with Crippen molar-refractivity contribution >= 4 is 28.8 Å². The maximum absolute atomic E-state index is 12.6. The number of fused-ring (bicyclic) bond motifs is 1. The Kier molecular flexibility index (Phi) is 4.56. The average Bonchev–Trinajstić information content (AvgIpc) is 2.96. The average molecular weight is 352 g/mol. The van der Waals surface area contributed by atoms with E-state index in [1.165, 1.54) is 0 Å². The molecular formula is C19H20N4O3. The predicted octanol–water partition coefficient (Wildman–Crippen LogP) is 2.42. The van der Waals surface area contributed by atoms with E-state index in [4.69, 9.17) is 0 Å². The second kappa shape index (κ2) is 6.68. The number of carbonyl (C=O) groups excluding carboxylic acids is 2. The minimum Gasteiger partial charge on any atom is -0.386 e. The summed E-state index contributed by atoms with van der Waals surface area (Å²) in [6.45, 7) is 5.20. The Morgan fingerprint density at radius 3 is 2.77 bits per heavy atom. The van der Waals surface area contributed by atoms with E-state index in [-0.39, 0.29) is 12.5 Å². The van der Waals surface area contributed by atoms with Gasteiger partial charge < -0.3 is 15.2 Å². The lowest BCUT2D eigenvalue weighted by molar-refractivity contribution is -0.108. The minimum absolute atomic E-state index is 0.119. The van der Waals surface area contributed by atoms with Crippen LogP contribution in [0.25, 0.3) is 10.9 Å². The largest absolute Gasteiger partial charge is 0.386 e. The number of amides is 1. The van der Waals surface area contributed by atoms with Gasteiger partial charge in [-0.3, -0.25) is 9.48 Å². The Morgan fingerprint density at radius 2 is 2.12 bits per heavy atom. The summed E-state index contributed by atoms with van der Waals surface area (Å²) in [6.07, 6.45) is 2.38. The topological polar surface area (TPSA) is 97.1 Å². The van der Waals surface area contributed by atoms with Crippen molar-refractivity contribution in [2.24, 2.45) is 0 Å². The van der Waals surface area contributed by atoms with Crippen LogP contribution in [0.3, 0.4) is 0 Å². The van der Waals surface area contributed by atoms with Gasteiger partial charge in [0.1, 0.15) is 12.0 Å². The van der Waals surface area contributed by atoms with Gasteiger partial charge >= 0.3 is 0 Å². The van der Waals surface area contributed by atoms with E-state index in [9.17, 15) is 14.7 Å². The second-order valence-corrected chi connectivity index (χ2v) is 6.63. The van der Waals surface area contributed by atoms with E-state index in [1.54, 1.807) is 49.0 Å². The summed E-state index contributed by atoms with van der Waals surface area (Å²) in [5.74, 6) is -0.362. The van der Waals surface area contributed by atoms with Crippen LogP contribution < -0.4 is 5.32 Å². The number of carbonyl (C=O) groups is 2. The summed E-state index contributed by atoms with van der Waals surface area (Å²) in [4.78, 5) is 27.6. The van der Waals surface area contributed by atoms with Crippen molar-refractivity contribution in [1.82, 2.24) is 14.8 Å². The van der Waals surface area contributed by atoms with E-state index in [2.05, 4.69) is 15.4 Å². The summed E-state index contributed by atoms with van der Waals surface area (Å²) in [6, 6.07) is 8.69. The van der Waals surface area contributed by atoms with E-state index >= 15 is 0 Å². The first-order chi connectivity index (χ1) is 12.3. The molecule has 1 amide bonds. The Balaban J connectivity index is 2.06. The third-order valence-corrected chi connectivity index (χ3v) is 4.06. The molecule has 7 heteroatoms. The summed E-state index contributed by atoms with van der Waals surface area (Å²) in [7, 11) is 0. The van der Waals surface area contributed by atoms with Gasteiger partial charge in [0, 0.05) is 22.3 Å². The molecule has 3 aromatic rings. The maximum atomic E-state index is 12.6. The third kappa shape index (κ3) is 3.48. The molecule has 2 aromatic heterocycles. The Bertz CT molecular complexity index is 986. The third-order valence-electron chi connectivity index (χ3n) is 4.06. The Morgan fingerprint density at radius 1 is 1.35 bits per heavy atom. The molecule has 3 rings (SSSR count). The van der Waals surface area contributed by atoms with Gasteiger partial charge in [0.2, 0.25) is 0 Å². The van der Waals surface area contributed by atoms with E-state index < -0.39 is 5.60 Å². The molecule has 0 fully saturated rings. The van der Waals surface area contributed by atoms with Gasteiger partial charge in [-0.2, -0.15) is 5.10 Å². The van der Waals surface area contributed by atoms with Crippen molar-refractivity contribution in [3.05, 3.63) is 53.5 Å². The lowest BCUT2D eigenvalue weighted by Crippen LogP contribution is -2.21. The standard InChI is InChI=1S/C19H20N4O3/c1-12-5-4-6-15(21-12)18(25)22-16-9-13-11-20-23(7-8-24)17(13)10-14(16)19(2,3)26/h4-6,8-11,26H,7H2,1-3H3,(H,22,25). The van der Waals surface area contributed by atoms with Crippen LogP contribution in [-0.2, 0) is 16.9 Å². The van der Waals surface area contributed by atoms with Crippen LogP contribution in [0.15, 0.2) is 36.5 Å². The lowest BCUT2D eigenvalue weighted by Gasteiger charge is -2.22. The number of nitrogens with one attached hydrogen (secondary N) is 1. The van der Waals surface area contributed by atoms with Crippen LogP contribution in [0.5, 0.6) is 0 Å². The fourth-order valence-electron chi connectivity index (χ4n) is 2.81. The molecule has 0 aliphatic rings. The molecule has 2 N–H and O–H groups in total. The highest BCUT2D eigenvalue weighted by Crippen LogP contribution is 2.32. The maximum Gasteiger partial charge on any atom is 0.274 e. The summed E-state index contributed by atoms with van der Waals surface area (Å²) in [5.41, 5.74) is 1.55. The zero-order valence-electron chi connectivity index (χ0n) is 14.9. The van der Waals surface area contributed by atoms with Crippen LogP contribution in [0, 0.1) is 6.92 Å². The van der Waals surface area contributed by atoms with Crippen molar-refractivity contribution in [2.75, 3.05) is 5.32 Å². The summed E-state index contributed by atoms with van der Waals surface area (Å²) in [5, 5.41) is 18.3. The zero-order chi connectivity index (χ0) is 18.9. The zero-order valence-corrected chi connectivity index (χ0v) is 14.9. The van der Waals surface area contributed by atoms with Crippen molar-refractivity contribution in [3.8, 4) is 0 Å². The SMILES string of the molecule is Cc1cccc(C(=O)Nc2cc3cnn(CC=O)c3cc2C(C)(C)O)n1. The van der Waals surface area contributed by atoms with Crippen LogP contribution >= 0.6 is 0 Å². The number of aryl methyl sites for hydroxylation is 1. The molecule has 0 saturated heterocycles. The van der Waals surface area contributed by atoms with E-state index in [1.807, 2.05) is 13.0 Å². The predicted molar refractivity (Wildman–Crippen MR) is 98.0 cm³/mol. The van der Waals surface area contributed by atoms with Gasteiger partial charge in [0.05, 0.1) is 23.9 Å². The Labute approximate surface area is 150 Å². The summed E-state index contributed by atoms with van der Waals surface area (Å²) >= 11 is 0. The smallest absolute Gasteiger partial charge is 0.274 e. The molecule has 134 valence electrons. The lowest BCUT2D eigenvalue weighted by atomic mass is 9.95. The molecule has 26 heavy (non-hydrogen) atoms. The molecular weight excluding hydrogens is 332 g/mol. The molecule has 0 saturated carbocycles. The van der Waals surface area contributed by atoms with Gasteiger partial charge in [0.15, 0.2) is 0 Å². The number of nitrogens with zero attached hydrogens (tertiary/aromatic N) is 3. The summed E-state index contributed by atoms with van der Waals surface area (Å²) < 4.78 is 1.55. The number of hydrogen-bond acceptors (Lipinski definition) is 5. The first kappa shape index (κ1) is 17.8. The Hall–Kier alpha value is -3.06. The first-order valence-corrected chi connectivity index (χ1v) is 8.20. The molecule has 0 atom stereocenters. The van der Waals surface area contributed by atoms with Gasteiger partial charge in [0.25, 0.3) is 5.91 Å². The molecule has 0 radical (unpaired) electrons. The normalized spacial score (nSPS) is 11.5. The number of aliphatic hydroxyl groups is 1. The fraction of sp³-hybridized carbons (Fsp3) is 0.263. The van der Waals surface area contributed by atoms with E-state index in [0.717, 1.165) is 17.4 Å². The fourth-order valence-corrected chi connectivity index (χ4v) is 2.81. The quantitative estimate of drug-likeness (QED) is 0.687. The number of aromatic nitrogens is 3. The van der Waals surface area contributed by atoms with Gasteiger partial charge in [-0.15, -0.1) is 0 Å². The number of pyridine rings is 1. The van der Waals surface area contributed by atoms with Gasteiger partial charge in [-0.05, 0) is 45.0 Å². The van der Waals surface area contributed by atoms with Crippen molar-refractivity contribution < 1.29 is 14.7 Å². The molecule has 0 aliphatic carbocycles. The molecule has 2 heterocycles. The number of benzene rings is 1. The van der Waals surface area contributed by atoms with Crippen LogP contribution in [0.2, 0.25) is 0 Å². The highest BCUT2D eigenvalue weighted by molar-refractivity contribution is 6.04. The molecule has 1 aromatic carbocycles. The van der Waals surface area contributed by atoms with E-state index in [0.29, 0.717) is 22.5 Å². The highest BCUT2D eigenvalue weighted by Gasteiger charge is 2.23. The monoisotopic (exact) mass is 352 g/mol. The second-order valence-electron chi connectivity index (χ2n) is 6.63. The molecule has 7 nitrogen and oxygen atoms in total. The number of aldehydes is 1. The van der Waals surface area contributed by atoms with Crippen molar-refractivity contribution in [1.29, 1.82) is 0 Å².